The van der Waals surface area contributed by atoms with Crippen LogP contribution in [0, 0.1) is 5.92 Å². The number of aliphatic hydroxyl groups is 1. The number of phosphoric ester groups is 2. The number of ether oxygens (including phenoxy) is 4. The van der Waals surface area contributed by atoms with E-state index in [-0.39, 0.29) is 25.7 Å². The van der Waals surface area contributed by atoms with Crippen molar-refractivity contribution in [3.8, 4) is 0 Å². The number of hydrogen-bond donors (Lipinski definition) is 3. The van der Waals surface area contributed by atoms with Gasteiger partial charge in [0.05, 0.1) is 26.4 Å². The minimum atomic E-state index is -4.95. The van der Waals surface area contributed by atoms with Crippen molar-refractivity contribution in [1.29, 1.82) is 0 Å². The first-order chi connectivity index (χ1) is 45.1. The largest absolute Gasteiger partial charge is 0.472 e. The van der Waals surface area contributed by atoms with E-state index in [0.29, 0.717) is 25.7 Å². The predicted molar refractivity (Wildman–Crippen MR) is 377 cm³/mol. The van der Waals surface area contributed by atoms with Gasteiger partial charge in [-0.3, -0.25) is 37.3 Å². The molecule has 0 saturated heterocycles. The van der Waals surface area contributed by atoms with E-state index in [1.54, 1.807) is 0 Å². The molecule has 6 atom stereocenters. The second kappa shape index (κ2) is 67.3. The van der Waals surface area contributed by atoms with E-state index in [0.717, 1.165) is 102 Å². The van der Waals surface area contributed by atoms with Crippen LogP contribution in [0.2, 0.25) is 0 Å². The summed E-state index contributed by atoms with van der Waals surface area (Å²) in [6.45, 7) is 7.25. The fraction of sp³-hybridized carbons (Fsp3) is 0.946. The molecule has 0 fully saturated rings. The maximum absolute atomic E-state index is 13.1. The molecular formula is C74H144O17P2. The van der Waals surface area contributed by atoms with Gasteiger partial charge < -0.3 is 33.8 Å². The van der Waals surface area contributed by atoms with Gasteiger partial charge in [-0.05, 0) is 31.6 Å². The molecule has 0 radical (unpaired) electrons. The average molecular weight is 1370 g/mol. The van der Waals surface area contributed by atoms with Crippen molar-refractivity contribution in [2.24, 2.45) is 5.92 Å². The summed E-state index contributed by atoms with van der Waals surface area (Å²) in [7, 11) is -9.90. The molecule has 0 bridgehead atoms. The zero-order chi connectivity index (χ0) is 68.4. The Labute approximate surface area is 568 Å². The van der Waals surface area contributed by atoms with Crippen LogP contribution in [0.3, 0.4) is 0 Å². The third kappa shape index (κ3) is 67.0. The van der Waals surface area contributed by atoms with E-state index in [2.05, 4.69) is 34.6 Å². The predicted octanol–water partition coefficient (Wildman–Crippen LogP) is 21.7. The van der Waals surface area contributed by atoms with Gasteiger partial charge in [-0.1, -0.05) is 336 Å². The van der Waals surface area contributed by atoms with E-state index in [4.69, 9.17) is 37.0 Å². The number of rotatable bonds is 74. The van der Waals surface area contributed by atoms with Crippen LogP contribution in [0.25, 0.3) is 0 Å². The fourth-order valence-electron chi connectivity index (χ4n) is 11.3. The highest BCUT2D eigenvalue weighted by atomic mass is 31.2. The highest BCUT2D eigenvalue weighted by Gasteiger charge is 2.30. The van der Waals surface area contributed by atoms with Gasteiger partial charge in [-0.25, -0.2) is 9.13 Å². The van der Waals surface area contributed by atoms with Gasteiger partial charge in [0, 0.05) is 25.7 Å². The SMILES string of the molecule is CCCCCCCCCCCCCCCCCC(=O)OC[C@H](COP(=O)(O)OC[C@@H](O)COP(=O)(O)OC[C@@H](COC(=O)CCCCCCC)OC(=O)CCCCCCCCCCCCCCCCC)OC(=O)CCCCCCCCCCCCCCCCC(C)CC. The smallest absolute Gasteiger partial charge is 0.462 e. The zero-order valence-corrected chi connectivity index (χ0v) is 62.2. The standard InChI is InChI=1S/C74H144O17P2/c1-6-10-13-16-18-20-22-24-26-31-35-39-43-48-53-58-72(77)85-64-70(91-74(79)60-55-50-45-41-37-33-29-28-30-34-38-42-47-51-56-67(5)9-4)66-89-93(82,83)87-62-68(75)61-86-92(80,81)88-65-69(63-84-71(76)57-52-46-15-12-8-3)90-73(78)59-54-49-44-40-36-32-27-25-23-21-19-17-14-11-7-2/h67-70,75H,6-66H2,1-5H3,(H,80,81)(H,82,83)/t67?,68-,69+,70+/m0/s1. The Morgan fingerprint density at radius 2 is 0.516 bits per heavy atom. The quantitative estimate of drug-likeness (QED) is 0.0222. The minimum absolute atomic E-state index is 0.107. The monoisotopic (exact) mass is 1370 g/mol. The van der Waals surface area contributed by atoms with E-state index in [9.17, 15) is 43.2 Å². The van der Waals surface area contributed by atoms with Crippen LogP contribution in [0.4, 0.5) is 0 Å². The summed E-state index contributed by atoms with van der Waals surface area (Å²) in [5, 5.41) is 10.6. The Morgan fingerprint density at radius 1 is 0.301 bits per heavy atom. The van der Waals surface area contributed by atoms with Crippen LogP contribution >= 0.6 is 15.6 Å². The molecule has 0 aromatic rings. The van der Waals surface area contributed by atoms with Gasteiger partial charge in [0.25, 0.3) is 0 Å². The molecule has 3 N–H and O–H groups in total. The van der Waals surface area contributed by atoms with Crippen molar-refractivity contribution in [3.63, 3.8) is 0 Å². The molecule has 17 nitrogen and oxygen atoms in total. The van der Waals surface area contributed by atoms with E-state index in [1.165, 1.54) is 205 Å². The van der Waals surface area contributed by atoms with Crippen LogP contribution < -0.4 is 0 Å². The van der Waals surface area contributed by atoms with Crippen molar-refractivity contribution >= 4 is 39.5 Å². The molecule has 0 aliphatic carbocycles. The van der Waals surface area contributed by atoms with Gasteiger partial charge in [-0.2, -0.15) is 0 Å². The van der Waals surface area contributed by atoms with Gasteiger partial charge in [0.1, 0.15) is 19.3 Å². The van der Waals surface area contributed by atoms with E-state index in [1.807, 2.05) is 0 Å². The van der Waals surface area contributed by atoms with Crippen molar-refractivity contribution in [2.45, 2.75) is 406 Å². The first-order valence-corrected chi connectivity index (χ1v) is 41.7. The topological polar surface area (TPSA) is 237 Å². The lowest BCUT2D eigenvalue weighted by molar-refractivity contribution is -0.161. The normalized spacial score (nSPS) is 14.3. The molecule has 0 aromatic heterocycles. The molecular weight excluding hydrogens is 1220 g/mol. The Bertz CT molecular complexity index is 1790. The summed E-state index contributed by atoms with van der Waals surface area (Å²) < 4.78 is 68.3. The first-order valence-electron chi connectivity index (χ1n) is 38.7. The third-order valence-electron chi connectivity index (χ3n) is 17.6. The van der Waals surface area contributed by atoms with Gasteiger partial charge in [-0.15, -0.1) is 0 Å². The van der Waals surface area contributed by atoms with Crippen molar-refractivity contribution in [2.75, 3.05) is 39.6 Å². The number of aliphatic hydroxyl groups excluding tert-OH is 1. The number of unbranched alkanes of at least 4 members (excludes halogenated alkanes) is 45. The molecule has 0 aliphatic heterocycles. The molecule has 0 aromatic carbocycles. The van der Waals surface area contributed by atoms with Crippen LogP contribution in [0.1, 0.15) is 388 Å². The Balaban J connectivity index is 5.14. The first kappa shape index (κ1) is 91.1. The van der Waals surface area contributed by atoms with Gasteiger partial charge in [0.2, 0.25) is 0 Å². The summed E-state index contributed by atoms with van der Waals surface area (Å²) >= 11 is 0. The molecule has 552 valence electrons. The lowest BCUT2D eigenvalue weighted by Crippen LogP contribution is -2.30. The second-order valence-electron chi connectivity index (χ2n) is 26.9. The van der Waals surface area contributed by atoms with E-state index >= 15 is 0 Å². The molecule has 0 spiro atoms. The molecule has 3 unspecified atom stereocenters. The maximum Gasteiger partial charge on any atom is 0.472 e. The second-order valence-corrected chi connectivity index (χ2v) is 29.8. The van der Waals surface area contributed by atoms with Crippen molar-refractivity contribution < 1.29 is 80.2 Å². The van der Waals surface area contributed by atoms with Crippen LogP contribution in [0.15, 0.2) is 0 Å². The number of carbonyl (C=O) groups is 4. The zero-order valence-electron chi connectivity index (χ0n) is 60.4. The lowest BCUT2D eigenvalue weighted by atomic mass is 9.99. The summed E-state index contributed by atoms with van der Waals surface area (Å²) in [5.41, 5.74) is 0. The molecule has 19 heteroatoms. The summed E-state index contributed by atoms with van der Waals surface area (Å²) in [4.78, 5) is 72.5. The van der Waals surface area contributed by atoms with Crippen molar-refractivity contribution in [3.05, 3.63) is 0 Å². The maximum atomic E-state index is 13.1. The third-order valence-corrected chi connectivity index (χ3v) is 19.5. The fourth-order valence-corrected chi connectivity index (χ4v) is 12.9. The Morgan fingerprint density at radius 3 is 0.763 bits per heavy atom. The summed E-state index contributed by atoms with van der Waals surface area (Å²) in [5.74, 6) is -1.28. The number of phosphoric acid groups is 2. The van der Waals surface area contributed by atoms with Crippen LogP contribution in [-0.2, 0) is 65.4 Å². The van der Waals surface area contributed by atoms with E-state index < -0.39 is 97.5 Å². The van der Waals surface area contributed by atoms with Crippen LogP contribution in [-0.4, -0.2) is 96.7 Å². The number of carbonyl (C=O) groups excluding carboxylic acids is 4. The molecule has 0 saturated carbocycles. The number of hydrogen-bond acceptors (Lipinski definition) is 15. The van der Waals surface area contributed by atoms with Crippen molar-refractivity contribution in [1.82, 2.24) is 0 Å². The Kier molecular flexibility index (Phi) is 65.9. The number of esters is 4. The molecule has 0 rings (SSSR count). The molecule has 0 heterocycles. The van der Waals surface area contributed by atoms with Gasteiger partial charge in [0.15, 0.2) is 12.2 Å². The minimum Gasteiger partial charge on any atom is -0.462 e. The average Bonchev–Trinajstić information content (AvgIpc) is 3.31. The van der Waals surface area contributed by atoms with Crippen LogP contribution in [0.5, 0.6) is 0 Å². The summed E-state index contributed by atoms with van der Waals surface area (Å²) in [6.07, 6.45) is 55.7. The lowest BCUT2D eigenvalue weighted by Gasteiger charge is -2.21. The highest BCUT2D eigenvalue weighted by molar-refractivity contribution is 7.47. The van der Waals surface area contributed by atoms with Gasteiger partial charge >= 0.3 is 39.5 Å². The Hall–Kier alpha value is -1.94. The molecule has 0 aliphatic rings. The molecule has 0 amide bonds. The molecule has 93 heavy (non-hydrogen) atoms. The summed E-state index contributed by atoms with van der Waals surface area (Å²) in [6, 6.07) is 0. The highest BCUT2D eigenvalue weighted by Crippen LogP contribution is 2.45.